The summed E-state index contributed by atoms with van der Waals surface area (Å²) in [7, 11) is 0. The molecule has 1 atom stereocenters. The Morgan fingerprint density at radius 2 is 2.44 bits per heavy atom. The molecule has 4 heteroatoms. The summed E-state index contributed by atoms with van der Waals surface area (Å²) in [6.45, 7) is 6.64. The van der Waals surface area contributed by atoms with Crippen LogP contribution in [0, 0.1) is 12.8 Å². The van der Waals surface area contributed by atoms with Crippen molar-refractivity contribution in [1.29, 1.82) is 0 Å². The number of hydrogen-bond donors (Lipinski definition) is 1. The van der Waals surface area contributed by atoms with E-state index < -0.39 is 0 Å². The van der Waals surface area contributed by atoms with E-state index in [0.29, 0.717) is 0 Å². The lowest BCUT2D eigenvalue weighted by Crippen LogP contribution is -2.51. The molecule has 2 heterocycles. The van der Waals surface area contributed by atoms with Gasteiger partial charge < -0.3 is 5.32 Å². The van der Waals surface area contributed by atoms with Gasteiger partial charge in [0.05, 0.1) is 6.54 Å². The van der Waals surface area contributed by atoms with Gasteiger partial charge in [-0.15, -0.1) is 11.3 Å². The van der Waals surface area contributed by atoms with Crippen LogP contribution in [0.3, 0.4) is 0 Å². The van der Waals surface area contributed by atoms with Crippen LogP contribution >= 0.6 is 11.3 Å². The molecular weight excluding hydrogens is 218 g/mol. The zero-order valence-corrected chi connectivity index (χ0v) is 10.6. The standard InChI is InChI=1S/C12H19N3S/c1-9-8-16-12(14-9)7-15-5-4-13-11(6-15)10-2-3-10/h8,10-11,13H,2-7H2,1H3. The minimum absolute atomic E-state index is 0.745. The van der Waals surface area contributed by atoms with E-state index in [0.717, 1.165) is 30.7 Å². The van der Waals surface area contributed by atoms with Gasteiger partial charge in [0.15, 0.2) is 0 Å². The summed E-state index contributed by atoms with van der Waals surface area (Å²) >= 11 is 1.80. The van der Waals surface area contributed by atoms with Crippen LogP contribution in [0.5, 0.6) is 0 Å². The van der Waals surface area contributed by atoms with Crippen molar-refractivity contribution < 1.29 is 0 Å². The molecule has 0 amide bonds. The van der Waals surface area contributed by atoms with Crippen LogP contribution in [-0.2, 0) is 6.54 Å². The van der Waals surface area contributed by atoms with Crippen molar-refractivity contribution in [1.82, 2.24) is 15.2 Å². The molecule has 1 aromatic heterocycles. The maximum Gasteiger partial charge on any atom is 0.107 e. The third-order valence-corrected chi connectivity index (χ3v) is 4.46. The van der Waals surface area contributed by atoms with Crippen LogP contribution in [0.15, 0.2) is 5.38 Å². The van der Waals surface area contributed by atoms with Crippen LogP contribution in [0.25, 0.3) is 0 Å². The van der Waals surface area contributed by atoms with Gasteiger partial charge >= 0.3 is 0 Å². The van der Waals surface area contributed by atoms with E-state index in [2.05, 4.69) is 27.5 Å². The average molecular weight is 237 g/mol. The first-order valence-electron chi connectivity index (χ1n) is 6.18. The van der Waals surface area contributed by atoms with Crippen molar-refractivity contribution in [2.45, 2.75) is 32.4 Å². The minimum atomic E-state index is 0.745. The Morgan fingerprint density at radius 1 is 1.56 bits per heavy atom. The van der Waals surface area contributed by atoms with Crippen LogP contribution in [0.4, 0.5) is 0 Å². The molecule has 1 saturated heterocycles. The number of rotatable bonds is 3. The van der Waals surface area contributed by atoms with E-state index in [-0.39, 0.29) is 0 Å². The lowest BCUT2D eigenvalue weighted by atomic mass is 10.1. The van der Waals surface area contributed by atoms with Gasteiger partial charge in [0.2, 0.25) is 0 Å². The molecule has 1 aromatic rings. The monoisotopic (exact) mass is 237 g/mol. The molecule has 3 nitrogen and oxygen atoms in total. The molecule has 1 saturated carbocycles. The van der Waals surface area contributed by atoms with E-state index in [1.165, 1.54) is 30.9 Å². The van der Waals surface area contributed by atoms with Gasteiger partial charge in [0.25, 0.3) is 0 Å². The Labute approximate surface area is 101 Å². The van der Waals surface area contributed by atoms with E-state index in [4.69, 9.17) is 0 Å². The molecule has 0 aromatic carbocycles. The van der Waals surface area contributed by atoms with Gasteiger partial charge in [0, 0.05) is 36.8 Å². The molecule has 88 valence electrons. The largest absolute Gasteiger partial charge is 0.311 e. The zero-order chi connectivity index (χ0) is 11.0. The Hall–Kier alpha value is -0.450. The van der Waals surface area contributed by atoms with Crippen LogP contribution in [0.1, 0.15) is 23.5 Å². The molecule has 1 N–H and O–H groups in total. The number of nitrogens with zero attached hydrogens (tertiary/aromatic N) is 2. The van der Waals surface area contributed by atoms with Gasteiger partial charge in [-0.25, -0.2) is 4.98 Å². The third kappa shape index (κ3) is 2.44. The Kier molecular flexibility index (Phi) is 2.96. The third-order valence-electron chi connectivity index (χ3n) is 3.51. The molecule has 2 aliphatic rings. The number of piperazine rings is 1. The molecule has 1 aliphatic heterocycles. The molecule has 3 rings (SSSR count). The highest BCUT2D eigenvalue weighted by molar-refractivity contribution is 7.09. The highest BCUT2D eigenvalue weighted by Crippen LogP contribution is 2.33. The summed E-state index contributed by atoms with van der Waals surface area (Å²) in [4.78, 5) is 7.10. The lowest BCUT2D eigenvalue weighted by molar-refractivity contribution is 0.181. The van der Waals surface area contributed by atoms with E-state index in [1.807, 2.05) is 0 Å². The second-order valence-corrected chi connectivity index (χ2v) is 5.96. The second kappa shape index (κ2) is 4.43. The summed E-state index contributed by atoms with van der Waals surface area (Å²) in [6.07, 6.45) is 2.86. The molecule has 0 spiro atoms. The van der Waals surface area contributed by atoms with Gasteiger partial charge in [-0.1, -0.05) is 0 Å². The Balaban J connectivity index is 1.57. The summed E-state index contributed by atoms with van der Waals surface area (Å²) in [5.41, 5.74) is 1.16. The Bertz CT molecular complexity index is 359. The summed E-state index contributed by atoms with van der Waals surface area (Å²) < 4.78 is 0. The van der Waals surface area contributed by atoms with Gasteiger partial charge in [-0.05, 0) is 25.7 Å². The predicted molar refractivity (Wildman–Crippen MR) is 66.6 cm³/mol. The number of aryl methyl sites for hydroxylation is 1. The van der Waals surface area contributed by atoms with Gasteiger partial charge in [-0.3, -0.25) is 4.90 Å². The maximum atomic E-state index is 4.55. The van der Waals surface area contributed by atoms with Gasteiger partial charge in [-0.2, -0.15) is 0 Å². The lowest BCUT2D eigenvalue weighted by Gasteiger charge is -2.33. The van der Waals surface area contributed by atoms with Crippen molar-refractivity contribution in [3.8, 4) is 0 Å². The van der Waals surface area contributed by atoms with Crippen LogP contribution in [-0.4, -0.2) is 35.6 Å². The SMILES string of the molecule is Cc1csc(CN2CCNC(C3CC3)C2)n1. The van der Waals surface area contributed by atoms with E-state index >= 15 is 0 Å². The number of hydrogen-bond acceptors (Lipinski definition) is 4. The molecule has 0 bridgehead atoms. The van der Waals surface area contributed by atoms with E-state index in [1.54, 1.807) is 11.3 Å². The topological polar surface area (TPSA) is 28.2 Å². The van der Waals surface area contributed by atoms with E-state index in [9.17, 15) is 0 Å². The summed E-state index contributed by atoms with van der Waals surface area (Å²) in [6, 6.07) is 0.745. The first-order chi connectivity index (χ1) is 7.81. The van der Waals surface area contributed by atoms with Crippen molar-refractivity contribution in [2.24, 2.45) is 5.92 Å². The molecule has 16 heavy (non-hydrogen) atoms. The molecule has 1 aliphatic carbocycles. The zero-order valence-electron chi connectivity index (χ0n) is 9.78. The van der Waals surface area contributed by atoms with Crippen LogP contribution in [0.2, 0.25) is 0 Å². The van der Waals surface area contributed by atoms with Crippen molar-refractivity contribution in [3.63, 3.8) is 0 Å². The fourth-order valence-corrected chi connectivity index (χ4v) is 3.28. The Morgan fingerprint density at radius 3 is 3.12 bits per heavy atom. The van der Waals surface area contributed by atoms with Crippen molar-refractivity contribution >= 4 is 11.3 Å². The predicted octanol–water partition coefficient (Wildman–Crippen LogP) is 1.64. The number of nitrogens with one attached hydrogen (secondary N) is 1. The second-order valence-electron chi connectivity index (χ2n) is 5.02. The fraction of sp³-hybridized carbons (Fsp3) is 0.750. The summed E-state index contributed by atoms with van der Waals surface area (Å²) in [5, 5.41) is 7.06. The first kappa shape index (κ1) is 10.7. The highest BCUT2D eigenvalue weighted by atomic mass is 32.1. The van der Waals surface area contributed by atoms with Gasteiger partial charge in [0.1, 0.15) is 5.01 Å². The number of thiazole rings is 1. The quantitative estimate of drug-likeness (QED) is 0.866. The molecule has 0 radical (unpaired) electrons. The van der Waals surface area contributed by atoms with Crippen molar-refractivity contribution in [3.05, 3.63) is 16.1 Å². The van der Waals surface area contributed by atoms with Crippen molar-refractivity contribution in [2.75, 3.05) is 19.6 Å². The summed E-state index contributed by atoms with van der Waals surface area (Å²) in [5.74, 6) is 0.959. The highest BCUT2D eigenvalue weighted by Gasteiger charge is 2.33. The maximum absolute atomic E-state index is 4.55. The molecular formula is C12H19N3S. The van der Waals surface area contributed by atoms with Crippen LogP contribution < -0.4 is 5.32 Å². The number of aromatic nitrogens is 1. The normalized spacial score (nSPS) is 27.2. The molecule has 1 unspecified atom stereocenters. The first-order valence-corrected chi connectivity index (χ1v) is 7.06. The fourth-order valence-electron chi connectivity index (χ4n) is 2.47. The minimum Gasteiger partial charge on any atom is -0.311 e. The smallest absolute Gasteiger partial charge is 0.107 e. The average Bonchev–Trinajstić information content (AvgIpc) is 3.05. The molecule has 2 fully saturated rings.